The van der Waals surface area contributed by atoms with E-state index in [1.165, 1.54) is 0 Å². The molecule has 0 spiro atoms. The van der Waals surface area contributed by atoms with Crippen LogP contribution in [-0.4, -0.2) is 17.3 Å². The number of hydrogen-bond acceptors (Lipinski definition) is 2. The second-order valence-electron chi connectivity index (χ2n) is 4.58. The summed E-state index contributed by atoms with van der Waals surface area (Å²) in [6.45, 7) is 8.18. The molecule has 4 unspecified atom stereocenters. The smallest absolute Gasteiger partial charge is 0.0581 e. The van der Waals surface area contributed by atoms with Crippen LogP contribution >= 0.6 is 0 Å². The van der Waals surface area contributed by atoms with Gasteiger partial charge in [0.05, 0.1) is 6.10 Å². The lowest BCUT2D eigenvalue weighted by molar-refractivity contribution is 0.106. The molecule has 0 aliphatic heterocycles. The predicted octanol–water partition coefficient (Wildman–Crippen LogP) is 2.88. The van der Waals surface area contributed by atoms with Crippen LogP contribution in [-0.2, 0) is 0 Å². The Morgan fingerprint density at radius 1 is 1.25 bits per heavy atom. The number of aliphatic hydroxyl groups is 1. The van der Waals surface area contributed by atoms with Crippen molar-refractivity contribution in [2.45, 2.75) is 52.7 Å². The Labute approximate surface area is 100 Å². The van der Waals surface area contributed by atoms with Gasteiger partial charge >= 0.3 is 0 Å². The average molecular weight is 225 g/mol. The maximum atomic E-state index is 9.68. The fourth-order valence-corrected chi connectivity index (χ4v) is 1.55. The molecule has 0 rings (SSSR count). The second kappa shape index (κ2) is 8.54. The van der Waals surface area contributed by atoms with Crippen molar-refractivity contribution in [3.05, 3.63) is 24.3 Å². The van der Waals surface area contributed by atoms with E-state index in [0.29, 0.717) is 5.92 Å². The number of nitrogens with two attached hydrogens (primary N) is 1. The Hall–Kier alpha value is -0.600. The molecule has 0 saturated carbocycles. The molecule has 0 aromatic heterocycles. The summed E-state index contributed by atoms with van der Waals surface area (Å²) >= 11 is 0. The van der Waals surface area contributed by atoms with Crippen molar-refractivity contribution in [2.24, 2.45) is 17.6 Å². The van der Waals surface area contributed by atoms with Crippen LogP contribution in [0.5, 0.6) is 0 Å². The van der Waals surface area contributed by atoms with E-state index in [0.717, 1.165) is 12.8 Å². The first-order valence-corrected chi connectivity index (χ1v) is 6.26. The minimum absolute atomic E-state index is 0.0528. The Morgan fingerprint density at radius 3 is 2.38 bits per heavy atom. The number of aliphatic hydroxyl groups excluding tert-OH is 1. The first kappa shape index (κ1) is 15.4. The topological polar surface area (TPSA) is 46.2 Å². The molecule has 3 N–H and O–H groups in total. The summed E-state index contributed by atoms with van der Waals surface area (Å²) in [4.78, 5) is 0. The van der Waals surface area contributed by atoms with Crippen molar-refractivity contribution >= 4 is 0 Å². The molecule has 0 fully saturated rings. The molecular weight excluding hydrogens is 198 g/mol. The van der Waals surface area contributed by atoms with Gasteiger partial charge in [-0.1, -0.05) is 45.1 Å². The van der Waals surface area contributed by atoms with Gasteiger partial charge in [-0.15, -0.1) is 0 Å². The first-order valence-electron chi connectivity index (χ1n) is 6.26. The van der Waals surface area contributed by atoms with Crippen molar-refractivity contribution < 1.29 is 5.11 Å². The van der Waals surface area contributed by atoms with Gasteiger partial charge in [-0.25, -0.2) is 0 Å². The monoisotopic (exact) mass is 225 g/mol. The molecule has 0 aliphatic carbocycles. The summed E-state index contributed by atoms with van der Waals surface area (Å²) in [5.41, 5.74) is 6.01. The van der Waals surface area contributed by atoms with Crippen LogP contribution in [0.4, 0.5) is 0 Å². The summed E-state index contributed by atoms with van der Waals surface area (Å²) in [7, 11) is 0. The van der Waals surface area contributed by atoms with E-state index < -0.39 is 0 Å². The second-order valence-corrected chi connectivity index (χ2v) is 4.58. The Bertz CT molecular complexity index is 223. The van der Waals surface area contributed by atoms with Crippen LogP contribution < -0.4 is 5.73 Å². The van der Waals surface area contributed by atoms with Crippen molar-refractivity contribution in [1.29, 1.82) is 0 Å². The van der Waals surface area contributed by atoms with Crippen LogP contribution in [0.1, 0.15) is 40.5 Å². The zero-order valence-corrected chi connectivity index (χ0v) is 11.1. The van der Waals surface area contributed by atoms with E-state index in [-0.39, 0.29) is 18.1 Å². The predicted molar refractivity (Wildman–Crippen MR) is 71.2 cm³/mol. The molecule has 2 heteroatoms. The molecule has 0 heterocycles. The molecule has 16 heavy (non-hydrogen) atoms. The first-order chi connectivity index (χ1) is 7.52. The molecule has 94 valence electrons. The van der Waals surface area contributed by atoms with E-state index in [4.69, 9.17) is 5.73 Å². The summed E-state index contributed by atoms with van der Waals surface area (Å²) in [6, 6.07) is -0.0528. The van der Waals surface area contributed by atoms with E-state index in [2.05, 4.69) is 25.2 Å². The van der Waals surface area contributed by atoms with Crippen LogP contribution in [0.2, 0.25) is 0 Å². The van der Waals surface area contributed by atoms with Crippen LogP contribution in [0.3, 0.4) is 0 Å². The Morgan fingerprint density at radius 2 is 1.88 bits per heavy atom. The van der Waals surface area contributed by atoms with Crippen molar-refractivity contribution in [3.8, 4) is 0 Å². The maximum Gasteiger partial charge on any atom is 0.0581 e. The molecular formula is C14H27NO. The largest absolute Gasteiger partial charge is 0.393 e. The normalized spacial score (nSPS) is 20.1. The van der Waals surface area contributed by atoms with Gasteiger partial charge in [-0.2, -0.15) is 0 Å². The summed E-state index contributed by atoms with van der Waals surface area (Å²) in [5.74, 6) is 0.628. The third kappa shape index (κ3) is 6.09. The third-order valence-electron chi connectivity index (χ3n) is 3.04. The zero-order valence-electron chi connectivity index (χ0n) is 11.1. The van der Waals surface area contributed by atoms with Crippen molar-refractivity contribution in [2.75, 3.05) is 0 Å². The maximum absolute atomic E-state index is 9.68. The lowest BCUT2D eigenvalue weighted by Crippen LogP contribution is -2.34. The van der Waals surface area contributed by atoms with Gasteiger partial charge in [0.15, 0.2) is 0 Å². The highest BCUT2D eigenvalue weighted by Crippen LogP contribution is 2.13. The van der Waals surface area contributed by atoms with Gasteiger partial charge in [0.2, 0.25) is 0 Å². The molecule has 0 radical (unpaired) electrons. The van der Waals surface area contributed by atoms with Gasteiger partial charge in [0, 0.05) is 12.0 Å². The number of allylic oxidation sites excluding steroid dienone is 3. The quantitative estimate of drug-likeness (QED) is 0.654. The molecule has 0 amide bonds. The molecule has 0 aromatic rings. The molecule has 0 aromatic carbocycles. The molecule has 0 aliphatic rings. The lowest BCUT2D eigenvalue weighted by Gasteiger charge is -2.21. The number of hydrogen-bond donors (Lipinski definition) is 2. The van der Waals surface area contributed by atoms with Gasteiger partial charge < -0.3 is 10.8 Å². The lowest BCUT2D eigenvalue weighted by atomic mass is 9.93. The highest BCUT2D eigenvalue weighted by molar-refractivity contribution is 4.99. The summed E-state index contributed by atoms with van der Waals surface area (Å²) < 4.78 is 0. The van der Waals surface area contributed by atoms with E-state index in [1.807, 2.05) is 26.8 Å². The minimum Gasteiger partial charge on any atom is -0.393 e. The van der Waals surface area contributed by atoms with Crippen LogP contribution in [0, 0.1) is 11.8 Å². The SMILES string of the molecule is C/C=C/CC(C)/C=C/C(N)C(C)C(O)CC. The van der Waals surface area contributed by atoms with Crippen LogP contribution in [0.15, 0.2) is 24.3 Å². The van der Waals surface area contributed by atoms with Gasteiger partial charge in [-0.05, 0) is 25.7 Å². The molecule has 4 atom stereocenters. The van der Waals surface area contributed by atoms with Gasteiger partial charge in [0.25, 0.3) is 0 Å². The molecule has 2 nitrogen and oxygen atoms in total. The van der Waals surface area contributed by atoms with Crippen molar-refractivity contribution in [3.63, 3.8) is 0 Å². The fraction of sp³-hybridized carbons (Fsp3) is 0.714. The number of rotatable bonds is 7. The molecule has 0 bridgehead atoms. The minimum atomic E-state index is -0.300. The van der Waals surface area contributed by atoms with Gasteiger partial charge in [0.1, 0.15) is 0 Å². The van der Waals surface area contributed by atoms with E-state index in [1.54, 1.807) is 0 Å². The standard InChI is InChI=1S/C14H27NO/c1-5-7-8-11(3)9-10-13(15)12(4)14(16)6-2/h5,7,9-14,16H,6,8,15H2,1-4H3/b7-5+,10-9+. The van der Waals surface area contributed by atoms with E-state index >= 15 is 0 Å². The Kier molecular flexibility index (Phi) is 8.22. The summed E-state index contributed by atoms with van der Waals surface area (Å²) in [5, 5.41) is 9.68. The highest BCUT2D eigenvalue weighted by atomic mass is 16.3. The van der Waals surface area contributed by atoms with Gasteiger partial charge in [-0.3, -0.25) is 0 Å². The highest BCUT2D eigenvalue weighted by Gasteiger charge is 2.17. The summed E-state index contributed by atoms with van der Waals surface area (Å²) in [6.07, 6.45) is 9.90. The van der Waals surface area contributed by atoms with Crippen LogP contribution in [0.25, 0.3) is 0 Å². The Balaban J connectivity index is 4.11. The third-order valence-corrected chi connectivity index (χ3v) is 3.04. The molecule has 0 saturated heterocycles. The zero-order chi connectivity index (χ0) is 12.6. The van der Waals surface area contributed by atoms with Crippen molar-refractivity contribution in [1.82, 2.24) is 0 Å². The average Bonchev–Trinajstić information content (AvgIpc) is 2.31. The van der Waals surface area contributed by atoms with E-state index in [9.17, 15) is 5.11 Å². The fourth-order valence-electron chi connectivity index (χ4n) is 1.55.